The van der Waals surface area contributed by atoms with Gasteiger partial charge in [0.25, 0.3) is 0 Å². The van der Waals surface area contributed by atoms with E-state index in [0.29, 0.717) is 0 Å². The Labute approximate surface area is 118 Å². The number of ether oxygens (including phenoxy) is 1. The first-order valence-electron chi connectivity index (χ1n) is 6.45. The average molecular weight is 276 g/mol. The van der Waals surface area contributed by atoms with Crippen LogP contribution in [0.1, 0.15) is 36.0 Å². The van der Waals surface area contributed by atoms with Crippen LogP contribution in [0.4, 0.5) is 0 Å². The van der Waals surface area contributed by atoms with Crippen molar-refractivity contribution >= 4 is 11.3 Å². The van der Waals surface area contributed by atoms with Crippen molar-refractivity contribution in [3.05, 3.63) is 45.9 Å². The summed E-state index contributed by atoms with van der Waals surface area (Å²) in [5, 5.41) is 3.35. The van der Waals surface area contributed by atoms with Crippen LogP contribution >= 0.6 is 11.3 Å². The molecule has 4 heteroatoms. The second kappa shape index (κ2) is 6.17. The van der Waals surface area contributed by atoms with Gasteiger partial charge in [0, 0.05) is 4.88 Å². The first-order chi connectivity index (χ1) is 9.11. The molecule has 0 amide bonds. The molecule has 0 aliphatic rings. The van der Waals surface area contributed by atoms with Crippen LogP contribution in [0.2, 0.25) is 0 Å². The molecule has 2 aromatic rings. The molecule has 3 nitrogen and oxygen atoms in total. The van der Waals surface area contributed by atoms with Crippen molar-refractivity contribution in [1.29, 1.82) is 0 Å². The lowest BCUT2D eigenvalue weighted by Crippen LogP contribution is -2.17. The number of hydrogen-bond donors (Lipinski definition) is 1. The normalized spacial score (nSPS) is 12.7. The Morgan fingerprint density at radius 1 is 1.21 bits per heavy atom. The standard InChI is InChI=1S/C15H20N2OS/c1-10(2)18-13-7-5-12(6-8-13)14(16-4)15-11(3)17-9-19-15/h5-10,14,16H,1-4H3. The molecule has 0 saturated heterocycles. The molecule has 1 unspecified atom stereocenters. The van der Waals surface area contributed by atoms with E-state index in [9.17, 15) is 0 Å². The SMILES string of the molecule is CNC(c1ccc(OC(C)C)cc1)c1scnc1C. The van der Waals surface area contributed by atoms with Crippen LogP contribution < -0.4 is 10.1 Å². The molecule has 19 heavy (non-hydrogen) atoms. The number of aromatic nitrogens is 1. The number of aryl methyl sites for hydroxylation is 1. The van der Waals surface area contributed by atoms with Crippen LogP contribution in [-0.4, -0.2) is 18.1 Å². The largest absolute Gasteiger partial charge is 0.491 e. The third-order valence-electron chi connectivity index (χ3n) is 2.92. The second-order valence-corrected chi connectivity index (χ2v) is 5.65. The number of rotatable bonds is 5. The summed E-state index contributed by atoms with van der Waals surface area (Å²) in [7, 11) is 1.97. The molecule has 1 aromatic heterocycles. The molecular formula is C15H20N2OS. The van der Waals surface area contributed by atoms with Crippen LogP contribution in [0.25, 0.3) is 0 Å². The Bertz CT molecular complexity index is 519. The van der Waals surface area contributed by atoms with E-state index in [0.717, 1.165) is 11.4 Å². The summed E-state index contributed by atoms with van der Waals surface area (Å²) in [6.45, 7) is 6.11. The smallest absolute Gasteiger partial charge is 0.119 e. The fraction of sp³-hybridized carbons (Fsp3) is 0.400. The molecule has 0 saturated carbocycles. The maximum absolute atomic E-state index is 5.67. The van der Waals surface area contributed by atoms with Gasteiger partial charge in [-0.3, -0.25) is 0 Å². The van der Waals surface area contributed by atoms with Gasteiger partial charge in [0.1, 0.15) is 5.75 Å². The predicted molar refractivity (Wildman–Crippen MR) is 80.0 cm³/mol. The Morgan fingerprint density at radius 3 is 2.37 bits per heavy atom. The van der Waals surface area contributed by atoms with Crippen LogP contribution in [0.5, 0.6) is 5.75 Å². The summed E-state index contributed by atoms with van der Waals surface area (Å²) < 4.78 is 5.67. The lowest BCUT2D eigenvalue weighted by atomic mass is 10.0. The number of benzene rings is 1. The van der Waals surface area contributed by atoms with Crippen LogP contribution in [0.3, 0.4) is 0 Å². The number of hydrogen-bond acceptors (Lipinski definition) is 4. The van der Waals surface area contributed by atoms with E-state index >= 15 is 0 Å². The Hall–Kier alpha value is -1.39. The molecule has 0 aliphatic carbocycles. The highest BCUT2D eigenvalue weighted by molar-refractivity contribution is 7.09. The van der Waals surface area contributed by atoms with Gasteiger partial charge in [0.15, 0.2) is 0 Å². The lowest BCUT2D eigenvalue weighted by Gasteiger charge is -2.17. The van der Waals surface area contributed by atoms with Crippen LogP contribution in [0, 0.1) is 6.92 Å². The minimum atomic E-state index is 0.195. The topological polar surface area (TPSA) is 34.1 Å². The first kappa shape index (κ1) is 14.0. The molecule has 1 atom stereocenters. The summed E-state index contributed by atoms with van der Waals surface area (Å²) in [5.41, 5.74) is 4.21. The molecule has 2 rings (SSSR count). The van der Waals surface area contributed by atoms with Crippen molar-refractivity contribution in [3.63, 3.8) is 0 Å². The quantitative estimate of drug-likeness (QED) is 0.907. The number of nitrogens with zero attached hydrogens (tertiary/aromatic N) is 1. The van der Waals surface area contributed by atoms with Crippen molar-refractivity contribution in [2.75, 3.05) is 7.05 Å². The van der Waals surface area contributed by atoms with Gasteiger partial charge in [-0.25, -0.2) is 4.98 Å². The van der Waals surface area contributed by atoms with E-state index in [1.54, 1.807) is 11.3 Å². The molecule has 0 fully saturated rings. The molecule has 1 N–H and O–H groups in total. The molecule has 0 spiro atoms. The minimum absolute atomic E-state index is 0.195. The molecular weight excluding hydrogens is 256 g/mol. The van der Waals surface area contributed by atoms with Gasteiger partial charge in [-0.1, -0.05) is 12.1 Å². The van der Waals surface area contributed by atoms with Crippen molar-refractivity contribution in [2.45, 2.75) is 32.9 Å². The molecule has 1 heterocycles. The zero-order valence-corrected chi connectivity index (χ0v) is 12.6. The summed E-state index contributed by atoms with van der Waals surface area (Å²) in [4.78, 5) is 5.59. The van der Waals surface area contributed by atoms with E-state index in [-0.39, 0.29) is 12.1 Å². The Kier molecular flexibility index (Phi) is 4.56. The lowest BCUT2D eigenvalue weighted by molar-refractivity contribution is 0.242. The predicted octanol–water partition coefficient (Wildman–Crippen LogP) is 3.55. The summed E-state index contributed by atoms with van der Waals surface area (Å²) in [6, 6.07) is 8.46. The van der Waals surface area contributed by atoms with Crippen LogP contribution in [-0.2, 0) is 0 Å². The Balaban J connectivity index is 2.22. The molecule has 0 bridgehead atoms. The van der Waals surface area contributed by atoms with E-state index in [2.05, 4.69) is 22.4 Å². The highest BCUT2D eigenvalue weighted by Crippen LogP contribution is 2.28. The fourth-order valence-corrected chi connectivity index (χ4v) is 2.99. The molecule has 102 valence electrons. The summed E-state index contributed by atoms with van der Waals surface area (Å²) in [6.07, 6.45) is 0.203. The van der Waals surface area contributed by atoms with E-state index < -0.39 is 0 Å². The maximum Gasteiger partial charge on any atom is 0.119 e. The van der Waals surface area contributed by atoms with Gasteiger partial charge < -0.3 is 10.1 Å². The average Bonchev–Trinajstić information content (AvgIpc) is 2.78. The zero-order chi connectivity index (χ0) is 13.8. The number of thiazole rings is 1. The van der Waals surface area contributed by atoms with Crippen molar-refractivity contribution in [2.24, 2.45) is 0 Å². The van der Waals surface area contributed by atoms with E-state index in [1.807, 2.05) is 45.5 Å². The van der Waals surface area contributed by atoms with E-state index in [1.165, 1.54) is 10.4 Å². The zero-order valence-electron chi connectivity index (χ0n) is 11.8. The highest BCUT2D eigenvalue weighted by Gasteiger charge is 2.16. The van der Waals surface area contributed by atoms with Crippen molar-refractivity contribution in [1.82, 2.24) is 10.3 Å². The fourth-order valence-electron chi connectivity index (χ4n) is 2.05. The maximum atomic E-state index is 5.67. The van der Waals surface area contributed by atoms with Gasteiger partial charge in [-0.2, -0.15) is 0 Å². The van der Waals surface area contributed by atoms with Gasteiger partial charge in [-0.05, 0) is 45.5 Å². The highest BCUT2D eigenvalue weighted by atomic mass is 32.1. The van der Waals surface area contributed by atoms with Gasteiger partial charge in [-0.15, -0.1) is 11.3 Å². The second-order valence-electron chi connectivity index (χ2n) is 4.76. The van der Waals surface area contributed by atoms with Crippen molar-refractivity contribution < 1.29 is 4.74 Å². The van der Waals surface area contributed by atoms with Gasteiger partial charge in [0.2, 0.25) is 0 Å². The molecule has 0 radical (unpaired) electrons. The summed E-state index contributed by atoms with van der Waals surface area (Å²) in [5.74, 6) is 0.912. The molecule has 1 aromatic carbocycles. The van der Waals surface area contributed by atoms with Crippen molar-refractivity contribution in [3.8, 4) is 5.75 Å². The monoisotopic (exact) mass is 276 g/mol. The third kappa shape index (κ3) is 3.33. The Morgan fingerprint density at radius 2 is 1.89 bits per heavy atom. The number of nitrogens with one attached hydrogen (secondary N) is 1. The van der Waals surface area contributed by atoms with E-state index in [4.69, 9.17) is 4.74 Å². The van der Waals surface area contributed by atoms with Gasteiger partial charge in [0.05, 0.1) is 23.4 Å². The third-order valence-corrected chi connectivity index (χ3v) is 3.91. The minimum Gasteiger partial charge on any atom is -0.491 e. The molecule has 0 aliphatic heterocycles. The van der Waals surface area contributed by atoms with Crippen LogP contribution in [0.15, 0.2) is 29.8 Å². The summed E-state index contributed by atoms with van der Waals surface area (Å²) >= 11 is 1.69. The first-order valence-corrected chi connectivity index (χ1v) is 7.33. The van der Waals surface area contributed by atoms with Gasteiger partial charge >= 0.3 is 0 Å².